The van der Waals surface area contributed by atoms with E-state index in [1.54, 1.807) is 32.9 Å². The Morgan fingerprint density at radius 2 is 1.91 bits per heavy atom. The fraction of sp³-hybridized carbons (Fsp3) is 0.542. The molecule has 0 aliphatic carbocycles. The van der Waals surface area contributed by atoms with E-state index in [1.165, 1.54) is 17.2 Å². The van der Waals surface area contributed by atoms with Crippen LogP contribution in [0.3, 0.4) is 0 Å². The molecule has 1 fully saturated rings. The van der Waals surface area contributed by atoms with Gasteiger partial charge in [-0.2, -0.15) is 13.2 Å². The molecule has 0 radical (unpaired) electrons. The average Bonchev–Trinajstić information content (AvgIpc) is 2.70. The van der Waals surface area contributed by atoms with Crippen molar-refractivity contribution in [3.63, 3.8) is 0 Å². The molecule has 1 aromatic carbocycles. The van der Waals surface area contributed by atoms with Crippen LogP contribution < -0.4 is 23.8 Å². The number of fused-ring (bicyclic) bond motifs is 1. The molecule has 1 amide bonds. The molecule has 0 bridgehead atoms. The average molecular weight is 489 g/mol. The van der Waals surface area contributed by atoms with Crippen molar-refractivity contribution in [1.82, 2.24) is 9.88 Å². The standard InChI is InChI=1S/C24H30F3N3O4.Li.H/c1-15-12-16(30(11-9-20(31)32)22(33)34-23(2,3)4)14-29(13-15)19-8-7-18(24(25,26)27)21-17(19)6-5-10-28-21;;/h5-8,10,15-16H,9,11-14H2,1-4H3,(H,31,32);;/q;+1;-1/t15-,16+;;/m0../s1. The summed E-state index contributed by atoms with van der Waals surface area (Å²) in [7, 11) is 0. The molecule has 7 nitrogen and oxygen atoms in total. The quantitative estimate of drug-likeness (QED) is 0.650. The van der Waals surface area contributed by atoms with E-state index >= 15 is 0 Å². The van der Waals surface area contributed by atoms with Crippen molar-refractivity contribution in [1.29, 1.82) is 0 Å². The summed E-state index contributed by atoms with van der Waals surface area (Å²) in [5.41, 5.74) is -1.09. The fourth-order valence-corrected chi connectivity index (χ4v) is 4.36. The van der Waals surface area contributed by atoms with Gasteiger partial charge in [0.2, 0.25) is 0 Å². The molecule has 1 saturated heterocycles. The number of nitrogens with zero attached hydrogens (tertiary/aromatic N) is 3. The van der Waals surface area contributed by atoms with E-state index < -0.39 is 29.4 Å². The number of halogens is 3. The Hall–Kier alpha value is -2.44. The zero-order valence-corrected chi connectivity index (χ0v) is 20.7. The Balaban J connectivity index is 0.00000324. The summed E-state index contributed by atoms with van der Waals surface area (Å²) >= 11 is 0. The van der Waals surface area contributed by atoms with Gasteiger partial charge >= 0.3 is 37.1 Å². The Bertz CT molecular complexity index is 1070. The van der Waals surface area contributed by atoms with Crippen LogP contribution in [0.4, 0.5) is 23.7 Å². The molecule has 1 aliphatic heterocycles. The van der Waals surface area contributed by atoms with Crippen molar-refractivity contribution in [3.05, 3.63) is 36.0 Å². The van der Waals surface area contributed by atoms with Crippen LogP contribution in [0.15, 0.2) is 30.5 Å². The Morgan fingerprint density at radius 1 is 1.23 bits per heavy atom. The topological polar surface area (TPSA) is 83.0 Å². The first-order valence-electron chi connectivity index (χ1n) is 11.2. The summed E-state index contributed by atoms with van der Waals surface area (Å²) in [6, 6.07) is 5.31. The summed E-state index contributed by atoms with van der Waals surface area (Å²) in [5.74, 6) is -0.934. The van der Waals surface area contributed by atoms with E-state index in [0.717, 1.165) is 6.07 Å². The number of benzene rings is 1. The normalized spacial score (nSPS) is 18.7. The van der Waals surface area contributed by atoms with Gasteiger partial charge in [-0.3, -0.25) is 9.78 Å². The zero-order valence-electron chi connectivity index (χ0n) is 21.7. The number of hydrogen-bond acceptors (Lipinski definition) is 5. The molecule has 35 heavy (non-hydrogen) atoms. The minimum Gasteiger partial charge on any atom is -1.00 e. The molecule has 2 atom stereocenters. The van der Waals surface area contributed by atoms with Crippen molar-refractivity contribution >= 4 is 28.7 Å². The Labute approximate surface area is 216 Å². The second-order valence-electron chi connectivity index (χ2n) is 9.75. The zero-order chi connectivity index (χ0) is 25.3. The number of aromatic nitrogens is 1. The number of rotatable bonds is 5. The molecule has 0 spiro atoms. The third-order valence-electron chi connectivity index (χ3n) is 5.67. The summed E-state index contributed by atoms with van der Waals surface area (Å²) in [4.78, 5) is 31.5. The van der Waals surface area contributed by atoms with Gasteiger partial charge in [-0.25, -0.2) is 4.79 Å². The number of aliphatic carboxylic acids is 1. The van der Waals surface area contributed by atoms with Crippen LogP contribution in [-0.4, -0.2) is 58.3 Å². The minimum absolute atomic E-state index is 0. The van der Waals surface area contributed by atoms with Crippen LogP contribution in [-0.2, 0) is 15.7 Å². The van der Waals surface area contributed by atoms with Gasteiger partial charge in [-0.05, 0) is 57.4 Å². The molecule has 1 N–H and O–H groups in total. The van der Waals surface area contributed by atoms with Crippen molar-refractivity contribution in [2.45, 2.75) is 58.4 Å². The first-order chi connectivity index (χ1) is 15.8. The van der Waals surface area contributed by atoms with E-state index in [1.807, 2.05) is 11.8 Å². The summed E-state index contributed by atoms with van der Waals surface area (Å²) in [6.45, 7) is 8.08. The van der Waals surface area contributed by atoms with Crippen molar-refractivity contribution in [2.24, 2.45) is 5.92 Å². The van der Waals surface area contributed by atoms with Gasteiger partial charge in [0.1, 0.15) is 5.60 Å². The van der Waals surface area contributed by atoms with Gasteiger partial charge in [-0.1, -0.05) is 6.92 Å². The smallest absolute Gasteiger partial charge is 1.00 e. The molecule has 1 aliphatic rings. The number of pyridine rings is 1. The molecule has 2 aromatic rings. The molecule has 1 aromatic heterocycles. The number of ether oxygens (including phenoxy) is 1. The largest absolute Gasteiger partial charge is 1.00 e. The number of anilines is 1. The number of carboxylic acid groups (broad SMARTS) is 1. The Morgan fingerprint density at radius 3 is 2.51 bits per heavy atom. The number of piperidine rings is 1. The monoisotopic (exact) mass is 489 g/mol. The number of amides is 1. The van der Waals surface area contributed by atoms with E-state index in [2.05, 4.69) is 4.98 Å². The summed E-state index contributed by atoms with van der Waals surface area (Å²) in [6.07, 6.45) is -3.43. The number of hydrogen-bond donors (Lipinski definition) is 1. The first-order valence-corrected chi connectivity index (χ1v) is 11.2. The van der Waals surface area contributed by atoms with Crippen LogP contribution in [0.5, 0.6) is 0 Å². The molecular formula is C24H31F3LiN3O4. The maximum Gasteiger partial charge on any atom is 1.00 e. The van der Waals surface area contributed by atoms with Crippen LogP contribution in [0, 0.1) is 5.92 Å². The predicted octanol–water partition coefficient (Wildman–Crippen LogP) is 2.30. The predicted molar refractivity (Wildman–Crippen MR) is 123 cm³/mol. The molecular weight excluding hydrogens is 458 g/mol. The summed E-state index contributed by atoms with van der Waals surface area (Å²) < 4.78 is 46.1. The molecule has 2 heterocycles. The van der Waals surface area contributed by atoms with Crippen molar-refractivity contribution in [3.8, 4) is 0 Å². The Kier molecular flexibility index (Phi) is 9.12. The first kappa shape index (κ1) is 28.8. The van der Waals surface area contributed by atoms with Crippen molar-refractivity contribution in [2.75, 3.05) is 24.5 Å². The van der Waals surface area contributed by atoms with Gasteiger partial charge in [0.15, 0.2) is 0 Å². The van der Waals surface area contributed by atoms with E-state index in [4.69, 9.17) is 4.74 Å². The molecule has 0 unspecified atom stereocenters. The maximum absolute atomic E-state index is 13.5. The minimum atomic E-state index is -4.53. The van der Waals surface area contributed by atoms with Gasteiger partial charge in [0, 0.05) is 36.9 Å². The summed E-state index contributed by atoms with van der Waals surface area (Å²) in [5, 5.41) is 9.55. The second kappa shape index (κ2) is 11.1. The van der Waals surface area contributed by atoms with Crippen LogP contribution in [0.1, 0.15) is 47.5 Å². The fourth-order valence-electron chi connectivity index (χ4n) is 4.36. The number of alkyl halides is 3. The van der Waals surface area contributed by atoms with E-state index in [-0.39, 0.29) is 50.7 Å². The maximum atomic E-state index is 13.5. The second-order valence-corrected chi connectivity index (χ2v) is 9.75. The number of carbonyl (C=O) groups is 2. The third-order valence-corrected chi connectivity index (χ3v) is 5.67. The van der Waals surface area contributed by atoms with Gasteiger partial charge in [-0.15, -0.1) is 0 Å². The van der Waals surface area contributed by atoms with Crippen LogP contribution in [0.25, 0.3) is 10.9 Å². The van der Waals surface area contributed by atoms with Crippen LogP contribution >= 0.6 is 0 Å². The molecule has 11 heteroatoms. The van der Waals surface area contributed by atoms with Crippen molar-refractivity contribution < 1.29 is 52.9 Å². The SMILES string of the molecule is C[C@H]1C[C@@H](N(CCC(=O)O)C(=O)OC(C)(C)C)CN(c2ccc(C(F)(F)F)c3ncccc23)C1.[H-].[Li+]. The van der Waals surface area contributed by atoms with E-state index in [9.17, 15) is 27.9 Å². The van der Waals surface area contributed by atoms with Gasteiger partial charge < -0.3 is 21.1 Å². The number of carbonyl (C=O) groups excluding carboxylic acids is 1. The number of carboxylic acids is 1. The van der Waals surface area contributed by atoms with E-state index in [0.29, 0.717) is 30.6 Å². The van der Waals surface area contributed by atoms with Gasteiger partial charge in [0.25, 0.3) is 0 Å². The van der Waals surface area contributed by atoms with Crippen LogP contribution in [0.2, 0.25) is 0 Å². The molecule has 0 saturated carbocycles. The van der Waals surface area contributed by atoms with Gasteiger partial charge in [0.05, 0.1) is 23.5 Å². The third kappa shape index (κ3) is 7.28. The molecule has 188 valence electrons. The molecule has 3 rings (SSSR count).